The van der Waals surface area contributed by atoms with Crippen molar-refractivity contribution in [3.63, 3.8) is 0 Å². The Hall–Kier alpha value is -1.47. The maximum atomic E-state index is 13.2. The van der Waals surface area contributed by atoms with Gasteiger partial charge in [-0.2, -0.15) is 0 Å². The molecule has 2 atom stereocenters. The zero-order valence-corrected chi connectivity index (χ0v) is 14.5. The Kier molecular flexibility index (Phi) is 5.41. The molecule has 1 aliphatic heterocycles. The third-order valence-corrected chi connectivity index (χ3v) is 5.03. The number of anilines is 1. The van der Waals surface area contributed by atoms with E-state index in [1.807, 2.05) is 0 Å². The van der Waals surface area contributed by atoms with E-state index >= 15 is 0 Å². The lowest BCUT2D eigenvalue weighted by Crippen LogP contribution is -2.54. The van der Waals surface area contributed by atoms with Crippen LogP contribution < -0.4 is 10.2 Å². The number of aryl methyl sites for hydroxylation is 1. The number of halogens is 1. The molecule has 5 nitrogen and oxygen atoms in total. The normalized spacial score (nSPS) is 20.6. The van der Waals surface area contributed by atoms with E-state index in [2.05, 4.69) is 5.32 Å². The van der Waals surface area contributed by atoms with Crippen LogP contribution in [0.1, 0.15) is 25.3 Å². The Morgan fingerprint density at radius 2 is 2.13 bits per heavy atom. The third-order valence-electron chi connectivity index (χ3n) is 3.93. The van der Waals surface area contributed by atoms with Gasteiger partial charge in [0.05, 0.1) is 11.8 Å². The highest BCUT2D eigenvalue weighted by atomic mass is 32.2. The van der Waals surface area contributed by atoms with Gasteiger partial charge < -0.3 is 10.2 Å². The SMILES string of the molecule is Cc1cc(F)ccc1N1CCCC(NC(C)CS(C)(=O)=O)C1=O. The molecule has 128 valence electrons. The fourth-order valence-electron chi connectivity index (χ4n) is 3.04. The number of amides is 1. The third kappa shape index (κ3) is 4.75. The molecular weight excluding hydrogens is 319 g/mol. The van der Waals surface area contributed by atoms with Crippen LogP contribution >= 0.6 is 0 Å². The molecular formula is C16H23FN2O3S. The van der Waals surface area contributed by atoms with Crippen molar-refractivity contribution in [2.75, 3.05) is 23.5 Å². The molecule has 0 spiro atoms. The van der Waals surface area contributed by atoms with Gasteiger partial charge in [-0.1, -0.05) is 0 Å². The van der Waals surface area contributed by atoms with Gasteiger partial charge >= 0.3 is 0 Å². The lowest BCUT2D eigenvalue weighted by molar-refractivity contribution is -0.121. The van der Waals surface area contributed by atoms with Crippen LogP contribution in [0.25, 0.3) is 0 Å². The summed E-state index contributed by atoms with van der Waals surface area (Å²) in [5.74, 6) is -0.426. The van der Waals surface area contributed by atoms with Crippen molar-refractivity contribution in [2.24, 2.45) is 0 Å². The minimum absolute atomic E-state index is 0.00758. The first-order valence-electron chi connectivity index (χ1n) is 7.68. The number of rotatable bonds is 5. The number of nitrogens with one attached hydrogen (secondary N) is 1. The molecule has 1 amide bonds. The van der Waals surface area contributed by atoms with Crippen LogP contribution in [0.15, 0.2) is 18.2 Å². The predicted molar refractivity (Wildman–Crippen MR) is 88.8 cm³/mol. The average molecular weight is 342 g/mol. The van der Waals surface area contributed by atoms with Crippen LogP contribution in [0.2, 0.25) is 0 Å². The van der Waals surface area contributed by atoms with Crippen molar-refractivity contribution in [1.82, 2.24) is 5.32 Å². The molecule has 23 heavy (non-hydrogen) atoms. The summed E-state index contributed by atoms with van der Waals surface area (Å²) in [6, 6.07) is 3.66. The zero-order chi connectivity index (χ0) is 17.2. The number of benzene rings is 1. The number of carbonyl (C=O) groups excluding carboxylic acids is 1. The van der Waals surface area contributed by atoms with Gasteiger partial charge in [-0.05, 0) is 50.5 Å². The fraction of sp³-hybridized carbons (Fsp3) is 0.562. The van der Waals surface area contributed by atoms with Crippen LogP contribution in [0.4, 0.5) is 10.1 Å². The molecule has 2 unspecified atom stereocenters. The monoisotopic (exact) mass is 342 g/mol. The summed E-state index contributed by atoms with van der Waals surface area (Å²) in [5.41, 5.74) is 1.42. The van der Waals surface area contributed by atoms with Crippen LogP contribution in [0.5, 0.6) is 0 Å². The highest BCUT2D eigenvalue weighted by Crippen LogP contribution is 2.25. The number of hydrogen-bond donors (Lipinski definition) is 1. The molecule has 1 N–H and O–H groups in total. The predicted octanol–water partition coefficient (Wildman–Crippen LogP) is 1.65. The molecule has 0 bridgehead atoms. The number of piperidine rings is 1. The first-order chi connectivity index (χ1) is 10.7. The summed E-state index contributed by atoms with van der Waals surface area (Å²) in [5, 5.41) is 3.11. The second kappa shape index (κ2) is 6.97. The zero-order valence-electron chi connectivity index (χ0n) is 13.7. The molecule has 2 rings (SSSR count). The first-order valence-corrected chi connectivity index (χ1v) is 9.75. The Balaban J connectivity index is 2.12. The number of hydrogen-bond acceptors (Lipinski definition) is 4. The van der Waals surface area contributed by atoms with E-state index in [1.165, 1.54) is 18.4 Å². The van der Waals surface area contributed by atoms with Crippen LogP contribution in [0.3, 0.4) is 0 Å². The van der Waals surface area contributed by atoms with E-state index in [9.17, 15) is 17.6 Å². The second-order valence-corrected chi connectivity index (χ2v) is 8.46. The maximum Gasteiger partial charge on any atom is 0.244 e. The lowest BCUT2D eigenvalue weighted by atomic mass is 10.0. The fourth-order valence-corrected chi connectivity index (χ4v) is 4.04. The molecule has 0 radical (unpaired) electrons. The van der Waals surface area contributed by atoms with Crippen molar-refractivity contribution in [3.8, 4) is 0 Å². The summed E-state index contributed by atoms with van der Waals surface area (Å²) in [6.45, 7) is 4.12. The van der Waals surface area contributed by atoms with E-state index in [4.69, 9.17) is 0 Å². The van der Waals surface area contributed by atoms with Crippen molar-refractivity contribution >= 4 is 21.4 Å². The molecule has 1 aromatic carbocycles. The quantitative estimate of drug-likeness (QED) is 0.884. The first kappa shape index (κ1) is 17.9. The highest BCUT2D eigenvalue weighted by molar-refractivity contribution is 7.90. The van der Waals surface area contributed by atoms with Gasteiger partial charge in [0.1, 0.15) is 15.7 Å². The van der Waals surface area contributed by atoms with Crippen LogP contribution in [-0.2, 0) is 14.6 Å². The number of sulfone groups is 1. The molecule has 0 aromatic heterocycles. The van der Waals surface area contributed by atoms with Gasteiger partial charge in [0.2, 0.25) is 5.91 Å². The van der Waals surface area contributed by atoms with E-state index in [0.29, 0.717) is 24.2 Å². The van der Waals surface area contributed by atoms with Gasteiger partial charge in [0.15, 0.2) is 0 Å². The van der Waals surface area contributed by atoms with Gasteiger partial charge in [0.25, 0.3) is 0 Å². The van der Waals surface area contributed by atoms with Crippen LogP contribution in [0, 0.1) is 12.7 Å². The highest BCUT2D eigenvalue weighted by Gasteiger charge is 2.31. The van der Waals surface area contributed by atoms with E-state index in [1.54, 1.807) is 24.8 Å². The largest absolute Gasteiger partial charge is 0.311 e. The Labute approximate surface area is 136 Å². The van der Waals surface area contributed by atoms with Gasteiger partial charge in [-0.15, -0.1) is 0 Å². The molecule has 7 heteroatoms. The maximum absolute atomic E-state index is 13.2. The van der Waals surface area contributed by atoms with E-state index < -0.39 is 15.9 Å². The van der Waals surface area contributed by atoms with Crippen LogP contribution in [-0.4, -0.2) is 45.0 Å². The van der Waals surface area contributed by atoms with Crippen molar-refractivity contribution in [3.05, 3.63) is 29.6 Å². The summed E-state index contributed by atoms with van der Waals surface area (Å²) in [6.07, 6.45) is 2.66. The molecule has 1 heterocycles. The average Bonchev–Trinajstić information content (AvgIpc) is 2.40. The Morgan fingerprint density at radius 1 is 1.43 bits per heavy atom. The van der Waals surface area contributed by atoms with E-state index in [-0.39, 0.29) is 23.5 Å². The smallest absolute Gasteiger partial charge is 0.244 e. The summed E-state index contributed by atoms with van der Waals surface area (Å²) < 4.78 is 36.0. The molecule has 0 saturated carbocycles. The molecule has 1 fully saturated rings. The number of carbonyl (C=O) groups is 1. The summed E-state index contributed by atoms with van der Waals surface area (Å²) in [7, 11) is -3.10. The van der Waals surface area contributed by atoms with Gasteiger partial charge in [0, 0.05) is 24.5 Å². The van der Waals surface area contributed by atoms with Gasteiger partial charge in [-0.3, -0.25) is 4.79 Å². The Morgan fingerprint density at radius 3 is 2.74 bits per heavy atom. The lowest BCUT2D eigenvalue weighted by Gasteiger charge is -2.34. The van der Waals surface area contributed by atoms with Crippen molar-refractivity contribution in [2.45, 2.75) is 38.8 Å². The second-order valence-electron chi connectivity index (χ2n) is 6.28. The molecule has 1 aliphatic rings. The Bertz CT molecular complexity index is 691. The molecule has 1 saturated heterocycles. The van der Waals surface area contributed by atoms with Gasteiger partial charge in [-0.25, -0.2) is 12.8 Å². The standard InChI is InChI=1S/C16H23FN2O3S/c1-11-9-13(17)6-7-15(11)19-8-4-5-14(16(19)20)18-12(2)10-23(3,21)22/h6-7,9,12,14,18H,4-5,8,10H2,1-3H3. The summed E-state index contributed by atoms with van der Waals surface area (Å²) >= 11 is 0. The summed E-state index contributed by atoms with van der Waals surface area (Å²) in [4.78, 5) is 14.3. The minimum atomic E-state index is -3.10. The van der Waals surface area contributed by atoms with Crippen molar-refractivity contribution in [1.29, 1.82) is 0 Å². The van der Waals surface area contributed by atoms with E-state index in [0.717, 1.165) is 6.42 Å². The topological polar surface area (TPSA) is 66.5 Å². The number of nitrogens with zero attached hydrogens (tertiary/aromatic N) is 1. The molecule has 1 aromatic rings. The minimum Gasteiger partial charge on any atom is -0.311 e. The molecule has 0 aliphatic carbocycles. The van der Waals surface area contributed by atoms with Crippen molar-refractivity contribution < 1.29 is 17.6 Å².